The molecule has 70 valence electrons. The molecule has 0 radical (unpaired) electrons. The van der Waals surface area contributed by atoms with Crippen LogP contribution in [0.3, 0.4) is 0 Å². The van der Waals surface area contributed by atoms with E-state index < -0.39 is 18.4 Å². The van der Waals surface area contributed by atoms with E-state index in [0.29, 0.717) is 13.0 Å². The van der Waals surface area contributed by atoms with E-state index in [1.807, 2.05) is 0 Å². The van der Waals surface area contributed by atoms with Crippen LogP contribution >= 0.6 is 23.4 Å². The Kier molecular flexibility index (Phi) is 2.25. The summed E-state index contributed by atoms with van der Waals surface area (Å²) in [7, 11) is 0. The molecule has 0 aliphatic carbocycles. The molecule has 2 heterocycles. The van der Waals surface area contributed by atoms with Crippen LogP contribution in [0.15, 0.2) is 0 Å². The molecule has 0 spiro atoms. The van der Waals surface area contributed by atoms with Gasteiger partial charge in [0.15, 0.2) is 0 Å². The molecule has 2 aliphatic heterocycles. The zero-order chi connectivity index (χ0) is 8.77. The van der Waals surface area contributed by atoms with Crippen molar-refractivity contribution in [1.29, 1.82) is 0 Å². The average Bonchev–Trinajstić information content (AvgIpc) is 2.30. The Labute approximate surface area is 78.8 Å². The maximum absolute atomic E-state index is 13.1. The van der Waals surface area contributed by atoms with Gasteiger partial charge in [-0.3, -0.25) is 0 Å². The number of hydrogen-bond donors (Lipinski definition) is 0. The first-order valence-electron chi connectivity index (χ1n) is 3.85. The van der Waals surface area contributed by atoms with Crippen molar-refractivity contribution in [3.8, 4) is 0 Å². The number of fused-ring (bicyclic) bond motifs is 1. The van der Waals surface area contributed by atoms with Crippen LogP contribution < -0.4 is 0 Å². The quantitative estimate of drug-likeness (QED) is 0.573. The van der Waals surface area contributed by atoms with Crippen LogP contribution in [0.2, 0.25) is 0 Å². The lowest BCUT2D eigenvalue weighted by Crippen LogP contribution is -2.44. The highest BCUT2D eigenvalue weighted by atomic mass is 35.5. The molecule has 2 saturated heterocycles. The van der Waals surface area contributed by atoms with Crippen molar-refractivity contribution in [1.82, 2.24) is 0 Å². The molecular weight excluding hydrogens is 206 g/mol. The van der Waals surface area contributed by atoms with Crippen molar-refractivity contribution >= 4 is 23.4 Å². The van der Waals surface area contributed by atoms with Crippen molar-refractivity contribution in [3.05, 3.63) is 0 Å². The number of hydrogen-bond acceptors (Lipinski definition) is 2. The summed E-state index contributed by atoms with van der Waals surface area (Å²) in [5, 5.41) is -0.101. The second-order valence-corrected chi connectivity index (χ2v) is 5.44. The lowest BCUT2D eigenvalue weighted by Gasteiger charge is -2.32. The van der Waals surface area contributed by atoms with Crippen LogP contribution in [0.5, 0.6) is 0 Å². The molecule has 2 rings (SSSR count). The average molecular weight is 215 g/mol. The maximum atomic E-state index is 13.1. The minimum absolute atomic E-state index is 0.101. The topological polar surface area (TPSA) is 9.23 Å². The summed E-state index contributed by atoms with van der Waals surface area (Å²) in [6, 6.07) is 0. The highest BCUT2D eigenvalue weighted by Gasteiger charge is 2.52. The minimum Gasteiger partial charge on any atom is -0.374 e. The van der Waals surface area contributed by atoms with Crippen molar-refractivity contribution < 1.29 is 13.5 Å². The highest BCUT2D eigenvalue weighted by molar-refractivity contribution is 8.01. The van der Waals surface area contributed by atoms with Crippen LogP contribution in [0.25, 0.3) is 0 Å². The maximum Gasteiger partial charge on any atom is 0.274 e. The molecule has 12 heavy (non-hydrogen) atoms. The van der Waals surface area contributed by atoms with Gasteiger partial charge in [0, 0.05) is 11.2 Å². The lowest BCUT2D eigenvalue weighted by molar-refractivity contribution is -0.149. The van der Waals surface area contributed by atoms with Crippen molar-refractivity contribution in [3.63, 3.8) is 0 Å². The molecular formula is C7H9ClF2OS. The molecule has 0 aromatic heterocycles. The molecule has 0 bridgehead atoms. The predicted octanol–water partition coefficient (Wildman–Crippen LogP) is 2.34. The van der Waals surface area contributed by atoms with Crippen molar-refractivity contribution in [2.75, 3.05) is 13.2 Å². The van der Waals surface area contributed by atoms with Crippen LogP contribution in [0, 0.1) is 5.92 Å². The molecule has 0 aromatic rings. The molecule has 0 amide bonds. The number of alkyl halides is 3. The molecule has 2 aliphatic rings. The third-order valence-corrected chi connectivity index (χ3v) is 4.12. The third-order valence-electron chi connectivity index (χ3n) is 2.33. The predicted molar refractivity (Wildman–Crippen MR) is 44.9 cm³/mol. The third kappa shape index (κ3) is 1.44. The fourth-order valence-corrected chi connectivity index (χ4v) is 3.67. The van der Waals surface area contributed by atoms with E-state index >= 15 is 0 Å². The standard InChI is InChI=1S/C7H9ClF2OS/c8-6-1-4-5(12-6)2-11-3-7(4,9)10/h4-6H,1-3H2. The van der Waals surface area contributed by atoms with Gasteiger partial charge in [-0.05, 0) is 6.42 Å². The van der Waals surface area contributed by atoms with Gasteiger partial charge in [0.2, 0.25) is 0 Å². The Balaban J connectivity index is 2.13. The number of ether oxygens (including phenoxy) is 1. The Hall–Kier alpha value is 0.460. The Morgan fingerprint density at radius 2 is 2.25 bits per heavy atom. The van der Waals surface area contributed by atoms with Crippen LogP contribution in [-0.4, -0.2) is 29.1 Å². The van der Waals surface area contributed by atoms with Gasteiger partial charge in [-0.1, -0.05) is 0 Å². The van der Waals surface area contributed by atoms with Gasteiger partial charge in [0.1, 0.15) is 6.61 Å². The van der Waals surface area contributed by atoms with E-state index in [4.69, 9.17) is 16.3 Å². The first-order valence-corrected chi connectivity index (χ1v) is 5.22. The van der Waals surface area contributed by atoms with Gasteiger partial charge < -0.3 is 4.74 Å². The summed E-state index contributed by atoms with van der Waals surface area (Å²) >= 11 is 7.20. The Bertz CT molecular complexity index is 190. The van der Waals surface area contributed by atoms with E-state index in [-0.39, 0.29) is 9.96 Å². The molecule has 3 unspecified atom stereocenters. The zero-order valence-electron chi connectivity index (χ0n) is 6.30. The van der Waals surface area contributed by atoms with Gasteiger partial charge in [-0.15, -0.1) is 23.4 Å². The van der Waals surface area contributed by atoms with Crippen LogP contribution in [-0.2, 0) is 4.74 Å². The van der Waals surface area contributed by atoms with Crippen molar-refractivity contribution in [2.45, 2.75) is 22.3 Å². The summed E-state index contributed by atoms with van der Waals surface area (Å²) in [5.41, 5.74) is 0. The number of halogens is 3. The molecule has 3 atom stereocenters. The summed E-state index contributed by atoms with van der Waals surface area (Å²) in [6.45, 7) is -0.00746. The lowest BCUT2D eigenvalue weighted by atomic mass is 9.93. The summed E-state index contributed by atoms with van der Waals surface area (Å²) in [4.78, 5) is 0. The molecule has 5 heteroatoms. The first-order chi connectivity index (χ1) is 5.59. The zero-order valence-corrected chi connectivity index (χ0v) is 7.88. The van der Waals surface area contributed by atoms with E-state index in [9.17, 15) is 8.78 Å². The SMILES string of the molecule is FC1(F)COCC2SC(Cl)CC21. The van der Waals surface area contributed by atoms with E-state index in [1.165, 1.54) is 11.8 Å². The molecule has 1 nitrogen and oxygen atoms in total. The van der Waals surface area contributed by atoms with Crippen molar-refractivity contribution in [2.24, 2.45) is 5.92 Å². The Morgan fingerprint density at radius 3 is 2.92 bits per heavy atom. The van der Waals surface area contributed by atoms with E-state index in [2.05, 4.69) is 0 Å². The summed E-state index contributed by atoms with van der Waals surface area (Å²) in [6.07, 6.45) is 0.410. The van der Waals surface area contributed by atoms with Crippen LogP contribution in [0.4, 0.5) is 8.78 Å². The van der Waals surface area contributed by atoms with Gasteiger partial charge >= 0.3 is 0 Å². The van der Waals surface area contributed by atoms with E-state index in [1.54, 1.807) is 0 Å². The Morgan fingerprint density at radius 1 is 1.50 bits per heavy atom. The number of thioether (sulfide) groups is 1. The summed E-state index contributed by atoms with van der Waals surface area (Å²) in [5.74, 6) is -3.24. The second kappa shape index (κ2) is 3.00. The molecule has 0 N–H and O–H groups in total. The van der Waals surface area contributed by atoms with Gasteiger partial charge in [-0.25, -0.2) is 8.78 Å². The second-order valence-electron chi connectivity index (χ2n) is 3.20. The number of rotatable bonds is 0. The van der Waals surface area contributed by atoms with E-state index in [0.717, 1.165) is 0 Å². The van der Waals surface area contributed by atoms with Gasteiger partial charge in [0.25, 0.3) is 5.92 Å². The monoisotopic (exact) mass is 214 g/mol. The van der Waals surface area contributed by atoms with Gasteiger partial charge in [-0.2, -0.15) is 0 Å². The molecule has 0 saturated carbocycles. The van der Waals surface area contributed by atoms with Crippen LogP contribution in [0.1, 0.15) is 6.42 Å². The fraction of sp³-hybridized carbons (Fsp3) is 1.00. The first kappa shape index (κ1) is 9.03. The molecule has 0 aromatic carbocycles. The highest BCUT2D eigenvalue weighted by Crippen LogP contribution is 2.49. The normalized spacial score (nSPS) is 45.8. The van der Waals surface area contributed by atoms with Gasteiger partial charge in [0.05, 0.1) is 11.3 Å². The largest absolute Gasteiger partial charge is 0.374 e. The minimum atomic E-state index is -2.67. The fourth-order valence-electron chi connectivity index (χ4n) is 1.71. The summed E-state index contributed by atoms with van der Waals surface area (Å²) < 4.78 is 30.9. The smallest absolute Gasteiger partial charge is 0.274 e. The molecule has 2 fully saturated rings.